The molecule has 0 atom stereocenters. The average Bonchev–Trinajstić information content (AvgIpc) is 3.48. The first-order chi connectivity index (χ1) is 13.5. The van der Waals surface area contributed by atoms with Crippen LogP contribution in [0.15, 0.2) is 18.2 Å². The predicted molar refractivity (Wildman–Crippen MR) is 102 cm³/mol. The van der Waals surface area contributed by atoms with E-state index in [2.05, 4.69) is 10.3 Å². The summed E-state index contributed by atoms with van der Waals surface area (Å²) in [6.07, 6.45) is -3.06. The molecule has 150 valence electrons. The van der Waals surface area contributed by atoms with E-state index in [9.17, 15) is 18.0 Å². The van der Waals surface area contributed by atoms with Crippen LogP contribution in [0.4, 0.5) is 24.5 Å². The lowest BCUT2D eigenvalue weighted by atomic mass is 10.00. The van der Waals surface area contributed by atoms with Crippen LogP contribution in [-0.2, 0) is 6.18 Å². The summed E-state index contributed by atoms with van der Waals surface area (Å²) >= 11 is 0. The standard InChI is InChI=1S/C20H18F3N5O/c1-9-10(2)17(28-18(14(9)8-24)20(21,22)23)19(29)27-12-5-6-15(25)13(7-12)16(26)11-3-4-11/h5-7,11,26H,3-4,25H2,1-2H3,(H,27,29). The largest absolute Gasteiger partial charge is 0.434 e. The van der Waals surface area contributed by atoms with Crippen molar-refractivity contribution >= 4 is 23.0 Å². The van der Waals surface area contributed by atoms with Crippen molar-refractivity contribution < 1.29 is 18.0 Å². The van der Waals surface area contributed by atoms with Crippen molar-refractivity contribution in [2.45, 2.75) is 32.9 Å². The van der Waals surface area contributed by atoms with Gasteiger partial charge in [0.2, 0.25) is 0 Å². The topological polar surface area (TPSA) is 116 Å². The fourth-order valence-electron chi connectivity index (χ4n) is 3.01. The van der Waals surface area contributed by atoms with Crippen molar-refractivity contribution in [3.05, 3.63) is 51.8 Å². The van der Waals surface area contributed by atoms with Gasteiger partial charge in [0.1, 0.15) is 11.8 Å². The molecule has 0 bridgehead atoms. The number of nitrogen functional groups attached to an aromatic ring is 1. The number of carbonyl (C=O) groups excluding carboxylic acids is 1. The summed E-state index contributed by atoms with van der Waals surface area (Å²) in [7, 11) is 0. The van der Waals surface area contributed by atoms with E-state index >= 15 is 0 Å². The van der Waals surface area contributed by atoms with Crippen molar-refractivity contribution in [2.75, 3.05) is 11.1 Å². The summed E-state index contributed by atoms with van der Waals surface area (Å²) in [6.45, 7) is 2.79. The van der Waals surface area contributed by atoms with Crippen molar-refractivity contribution in [1.29, 1.82) is 10.7 Å². The first-order valence-electron chi connectivity index (χ1n) is 8.82. The molecule has 0 spiro atoms. The Morgan fingerprint density at radius 1 is 1.31 bits per heavy atom. The highest BCUT2D eigenvalue weighted by Crippen LogP contribution is 2.35. The molecule has 0 unspecified atom stereocenters. The van der Waals surface area contributed by atoms with Gasteiger partial charge in [0.25, 0.3) is 5.91 Å². The number of nitrogens with two attached hydrogens (primary N) is 1. The highest BCUT2D eigenvalue weighted by Gasteiger charge is 2.38. The molecule has 9 heteroatoms. The summed E-state index contributed by atoms with van der Waals surface area (Å²) in [5.74, 6) is -0.697. The number of anilines is 2. The lowest BCUT2D eigenvalue weighted by molar-refractivity contribution is -0.141. The maximum atomic E-state index is 13.3. The summed E-state index contributed by atoms with van der Waals surface area (Å²) < 4.78 is 39.9. The molecular formula is C20H18F3N5O. The number of nitrogens with one attached hydrogen (secondary N) is 2. The average molecular weight is 401 g/mol. The van der Waals surface area contributed by atoms with E-state index < -0.39 is 29.0 Å². The van der Waals surface area contributed by atoms with Crippen molar-refractivity contribution in [3.63, 3.8) is 0 Å². The molecule has 1 aromatic carbocycles. The maximum Gasteiger partial charge on any atom is 0.434 e. The van der Waals surface area contributed by atoms with Gasteiger partial charge in [0.15, 0.2) is 5.69 Å². The number of aromatic nitrogens is 1. The van der Waals surface area contributed by atoms with Gasteiger partial charge in [-0.1, -0.05) is 0 Å². The van der Waals surface area contributed by atoms with Crippen LogP contribution < -0.4 is 11.1 Å². The maximum absolute atomic E-state index is 13.3. The monoisotopic (exact) mass is 401 g/mol. The van der Waals surface area contributed by atoms with Crippen LogP contribution in [0.2, 0.25) is 0 Å². The molecule has 0 saturated heterocycles. The molecule has 1 aromatic heterocycles. The van der Waals surface area contributed by atoms with Crippen molar-refractivity contribution in [1.82, 2.24) is 4.98 Å². The molecule has 1 aliphatic rings. The molecule has 1 fully saturated rings. The molecule has 1 saturated carbocycles. The number of nitriles is 1. The Balaban J connectivity index is 1.98. The molecular weight excluding hydrogens is 383 g/mol. The Kier molecular flexibility index (Phi) is 5.05. The van der Waals surface area contributed by atoms with Gasteiger partial charge < -0.3 is 16.5 Å². The first kappa shape index (κ1) is 20.3. The van der Waals surface area contributed by atoms with Gasteiger partial charge >= 0.3 is 6.18 Å². The van der Waals surface area contributed by atoms with Crippen LogP contribution in [0.1, 0.15) is 51.3 Å². The van der Waals surface area contributed by atoms with Crippen LogP contribution in [-0.4, -0.2) is 16.6 Å². The Morgan fingerprint density at radius 2 is 1.97 bits per heavy atom. The highest BCUT2D eigenvalue weighted by atomic mass is 19.4. The number of halogens is 3. The Morgan fingerprint density at radius 3 is 2.52 bits per heavy atom. The van der Waals surface area contributed by atoms with Crippen molar-refractivity contribution in [3.8, 4) is 6.07 Å². The fraction of sp³-hybridized carbons (Fsp3) is 0.300. The number of pyridine rings is 1. The van der Waals surface area contributed by atoms with E-state index in [0.717, 1.165) is 12.8 Å². The van der Waals surface area contributed by atoms with Crippen LogP contribution in [0.5, 0.6) is 0 Å². The SMILES string of the molecule is Cc1c(C(=O)Nc2ccc(N)c(C(=N)C3CC3)c2)nc(C(F)(F)F)c(C#N)c1C. The summed E-state index contributed by atoms with van der Waals surface area (Å²) in [4.78, 5) is 16.1. The van der Waals surface area contributed by atoms with Crippen LogP contribution in [0.3, 0.4) is 0 Å². The summed E-state index contributed by atoms with van der Waals surface area (Å²) in [6, 6.07) is 6.09. The number of amides is 1. The first-order valence-corrected chi connectivity index (χ1v) is 8.82. The zero-order valence-corrected chi connectivity index (χ0v) is 15.7. The van der Waals surface area contributed by atoms with Crippen LogP contribution in [0.25, 0.3) is 0 Å². The third-order valence-electron chi connectivity index (χ3n) is 4.94. The Hall–Kier alpha value is -3.41. The van der Waals surface area contributed by atoms with Gasteiger partial charge in [-0.25, -0.2) is 4.98 Å². The molecule has 4 N–H and O–H groups in total. The quantitative estimate of drug-likeness (QED) is 0.526. The van der Waals surface area contributed by atoms with Gasteiger partial charge in [0, 0.05) is 28.6 Å². The van der Waals surface area contributed by atoms with E-state index in [1.54, 1.807) is 0 Å². The third kappa shape index (κ3) is 3.92. The van der Waals surface area contributed by atoms with E-state index in [1.165, 1.54) is 38.1 Å². The number of carbonyl (C=O) groups is 1. The van der Waals surface area contributed by atoms with Gasteiger partial charge in [0.05, 0.1) is 5.56 Å². The van der Waals surface area contributed by atoms with E-state index in [-0.39, 0.29) is 17.0 Å². The highest BCUT2D eigenvalue weighted by molar-refractivity contribution is 6.08. The van der Waals surface area contributed by atoms with Gasteiger partial charge in [-0.05, 0) is 56.0 Å². The summed E-state index contributed by atoms with van der Waals surface area (Å²) in [5, 5.41) is 19.8. The number of benzene rings is 1. The number of rotatable bonds is 4. The van der Waals surface area contributed by atoms with Gasteiger partial charge in [-0.3, -0.25) is 4.79 Å². The Labute approximate surface area is 165 Å². The zero-order chi connectivity index (χ0) is 21.5. The molecule has 1 amide bonds. The second-order valence-corrected chi connectivity index (χ2v) is 6.99. The minimum atomic E-state index is -4.87. The van der Waals surface area contributed by atoms with Gasteiger partial charge in [-0.2, -0.15) is 18.4 Å². The number of nitrogens with zero attached hydrogens (tertiary/aromatic N) is 2. The normalized spacial score (nSPS) is 13.7. The van der Waals surface area contributed by atoms with E-state index in [0.29, 0.717) is 22.6 Å². The molecule has 1 aliphatic carbocycles. The lowest BCUT2D eigenvalue weighted by Gasteiger charge is -2.16. The second kappa shape index (κ2) is 7.20. The third-order valence-corrected chi connectivity index (χ3v) is 4.94. The molecule has 1 heterocycles. The number of hydrogen-bond donors (Lipinski definition) is 3. The van der Waals surface area contributed by atoms with Crippen LogP contribution >= 0.6 is 0 Å². The Bertz CT molecular complexity index is 1070. The number of alkyl halides is 3. The van der Waals surface area contributed by atoms with Gasteiger partial charge in [-0.15, -0.1) is 0 Å². The molecule has 0 aliphatic heterocycles. The molecule has 29 heavy (non-hydrogen) atoms. The van der Waals surface area contributed by atoms with E-state index in [1.807, 2.05) is 0 Å². The predicted octanol–water partition coefficient (Wildman–Crippen LogP) is 4.20. The fourth-order valence-corrected chi connectivity index (χ4v) is 3.01. The van der Waals surface area contributed by atoms with Crippen molar-refractivity contribution in [2.24, 2.45) is 5.92 Å². The smallest absolute Gasteiger partial charge is 0.398 e. The second-order valence-electron chi connectivity index (χ2n) is 6.99. The molecule has 2 aromatic rings. The minimum absolute atomic E-state index is 0.0495. The summed E-state index contributed by atoms with van der Waals surface area (Å²) in [5.41, 5.74) is 5.31. The lowest BCUT2D eigenvalue weighted by Crippen LogP contribution is -2.21. The molecule has 0 radical (unpaired) electrons. The van der Waals surface area contributed by atoms with Crippen LogP contribution in [0, 0.1) is 36.5 Å². The molecule has 6 nitrogen and oxygen atoms in total. The van der Waals surface area contributed by atoms with E-state index in [4.69, 9.17) is 16.4 Å². The zero-order valence-electron chi connectivity index (χ0n) is 15.7. The minimum Gasteiger partial charge on any atom is -0.398 e. The number of hydrogen-bond acceptors (Lipinski definition) is 5. The molecule has 3 rings (SSSR count).